The Balaban J connectivity index is 2.04. The highest BCUT2D eigenvalue weighted by atomic mass is 35.5. The van der Waals surface area contributed by atoms with Gasteiger partial charge in [-0.25, -0.2) is 0 Å². The predicted octanol–water partition coefficient (Wildman–Crippen LogP) is 3.86. The summed E-state index contributed by atoms with van der Waals surface area (Å²) in [6.07, 6.45) is 1.04. The maximum absolute atomic E-state index is 11.9. The second-order valence-electron chi connectivity index (χ2n) is 4.07. The smallest absolute Gasteiger partial charge is 0.166 e. The Morgan fingerprint density at radius 2 is 1.83 bits per heavy atom. The molecule has 0 spiro atoms. The largest absolute Gasteiger partial charge is 0.507 e. The van der Waals surface area contributed by atoms with Crippen molar-refractivity contribution in [3.63, 3.8) is 0 Å². The molecule has 0 fully saturated rings. The zero-order valence-corrected chi connectivity index (χ0v) is 10.5. The van der Waals surface area contributed by atoms with Gasteiger partial charge in [0.05, 0.1) is 5.56 Å². The quantitative estimate of drug-likeness (QED) is 0.848. The lowest BCUT2D eigenvalue weighted by molar-refractivity contribution is 0.0980. The first kappa shape index (κ1) is 12.7. The van der Waals surface area contributed by atoms with Gasteiger partial charge in [-0.15, -0.1) is 0 Å². The van der Waals surface area contributed by atoms with Gasteiger partial charge in [0.15, 0.2) is 5.78 Å². The SMILES string of the molecule is O=C(CCc1ccccc1)c1ccc(Cl)cc1O. The number of benzene rings is 2. The number of hydrogen-bond acceptors (Lipinski definition) is 2. The first-order valence-corrected chi connectivity index (χ1v) is 6.10. The number of carbonyl (C=O) groups excluding carboxylic acids is 1. The Hall–Kier alpha value is -1.80. The standard InChI is InChI=1S/C15H13ClO2/c16-12-7-8-13(15(18)10-12)14(17)9-6-11-4-2-1-3-5-11/h1-5,7-8,10,18H,6,9H2. The summed E-state index contributed by atoms with van der Waals surface area (Å²) in [6.45, 7) is 0. The fraction of sp³-hybridized carbons (Fsp3) is 0.133. The Morgan fingerprint density at radius 3 is 2.50 bits per heavy atom. The van der Waals surface area contributed by atoms with Crippen LogP contribution in [-0.4, -0.2) is 10.9 Å². The van der Waals surface area contributed by atoms with Crippen molar-refractivity contribution in [1.82, 2.24) is 0 Å². The average Bonchev–Trinajstić information content (AvgIpc) is 2.37. The lowest BCUT2D eigenvalue weighted by atomic mass is 10.0. The Morgan fingerprint density at radius 1 is 1.11 bits per heavy atom. The maximum Gasteiger partial charge on any atom is 0.166 e. The summed E-state index contributed by atoms with van der Waals surface area (Å²) in [5, 5.41) is 10.1. The predicted molar refractivity (Wildman–Crippen MR) is 72.2 cm³/mol. The third-order valence-electron chi connectivity index (χ3n) is 2.74. The van der Waals surface area contributed by atoms with Crippen molar-refractivity contribution in [3.05, 3.63) is 64.7 Å². The van der Waals surface area contributed by atoms with Gasteiger partial charge in [0, 0.05) is 11.4 Å². The van der Waals surface area contributed by atoms with Gasteiger partial charge in [-0.1, -0.05) is 41.9 Å². The molecule has 0 unspecified atom stereocenters. The zero-order chi connectivity index (χ0) is 13.0. The van der Waals surface area contributed by atoms with Crippen molar-refractivity contribution < 1.29 is 9.90 Å². The molecule has 0 aliphatic rings. The molecule has 92 valence electrons. The van der Waals surface area contributed by atoms with E-state index in [1.54, 1.807) is 12.1 Å². The van der Waals surface area contributed by atoms with E-state index in [1.165, 1.54) is 6.07 Å². The molecule has 0 heterocycles. The van der Waals surface area contributed by atoms with E-state index in [0.717, 1.165) is 5.56 Å². The summed E-state index contributed by atoms with van der Waals surface area (Å²) in [5.41, 5.74) is 1.44. The van der Waals surface area contributed by atoms with Crippen molar-refractivity contribution in [3.8, 4) is 5.75 Å². The highest BCUT2D eigenvalue weighted by Gasteiger charge is 2.11. The summed E-state index contributed by atoms with van der Waals surface area (Å²) in [4.78, 5) is 11.9. The molecule has 3 heteroatoms. The summed E-state index contributed by atoms with van der Waals surface area (Å²) in [7, 11) is 0. The first-order chi connectivity index (χ1) is 8.66. The number of phenolic OH excluding ortho intramolecular Hbond substituents is 1. The van der Waals surface area contributed by atoms with Gasteiger partial charge in [-0.3, -0.25) is 4.79 Å². The van der Waals surface area contributed by atoms with Crippen molar-refractivity contribution >= 4 is 17.4 Å². The van der Waals surface area contributed by atoms with Crippen LogP contribution in [0.1, 0.15) is 22.3 Å². The van der Waals surface area contributed by atoms with Crippen molar-refractivity contribution in [2.24, 2.45) is 0 Å². The van der Waals surface area contributed by atoms with E-state index in [0.29, 0.717) is 23.4 Å². The number of Topliss-reactive ketones (excluding diaryl/α,β-unsaturated/α-hetero) is 1. The second-order valence-corrected chi connectivity index (χ2v) is 4.51. The van der Waals surface area contributed by atoms with Gasteiger partial charge in [-0.05, 0) is 30.2 Å². The Bertz CT molecular complexity index is 550. The molecule has 2 aromatic rings. The van der Waals surface area contributed by atoms with Crippen molar-refractivity contribution in [1.29, 1.82) is 0 Å². The lowest BCUT2D eigenvalue weighted by Crippen LogP contribution is -2.01. The van der Waals surface area contributed by atoms with Crippen LogP contribution in [0.3, 0.4) is 0 Å². The molecular formula is C15H13ClO2. The van der Waals surface area contributed by atoms with Gasteiger partial charge >= 0.3 is 0 Å². The molecule has 0 saturated heterocycles. The van der Waals surface area contributed by atoms with E-state index in [2.05, 4.69) is 0 Å². The zero-order valence-electron chi connectivity index (χ0n) is 9.77. The van der Waals surface area contributed by atoms with Crippen LogP contribution < -0.4 is 0 Å². The number of hydrogen-bond donors (Lipinski definition) is 1. The molecule has 0 radical (unpaired) electrons. The van der Waals surface area contributed by atoms with Gasteiger partial charge < -0.3 is 5.11 Å². The van der Waals surface area contributed by atoms with E-state index in [9.17, 15) is 9.90 Å². The van der Waals surface area contributed by atoms with Gasteiger partial charge in [0.2, 0.25) is 0 Å². The summed E-state index contributed by atoms with van der Waals surface area (Å²) < 4.78 is 0. The number of aromatic hydroxyl groups is 1. The number of aryl methyl sites for hydroxylation is 1. The van der Waals surface area contributed by atoms with E-state index in [4.69, 9.17) is 11.6 Å². The number of carbonyl (C=O) groups is 1. The third kappa shape index (κ3) is 3.11. The minimum Gasteiger partial charge on any atom is -0.507 e. The molecule has 2 rings (SSSR count). The van der Waals surface area contributed by atoms with E-state index in [-0.39, 0.29) is 11.5 Å². The molecule has 1 N–H and O–H groups in total. The molecule has 0 aliphatic carbocycles. The molecule has 2 aromatic carbocycles. The number of halogens is 1. The van der Waals surface area contributed by atoms with Crippen molar-refractivity contribution in [2.45, 2.75) is 12.8 Å². The molecule has 0 aliphatic heterocycles. The fourth-order valence-electron chi connectivity index (χ4n) is 1.78. The van der Waals surface area contributed by atoms with Crippen molar-refractivity contribution in [2.75, 3.05) is 0 Å². The minimum atomic E-state index is -0.0759. The molecule has 0 aromatic heterocycles. The molecule has 0 amide bonds. The van der Waals surface area contributed by atoms with E-state index >= 15 is 0 Å². The van der Waals surface area contributed by atoms with Gasteiger partial charge in [0.1, 0.15) is 5.75 Å². The Kier molecular flexibility index (Phi) is 4.00. The van der Waals surface area contributed by atoms with Gasteiger partial charge in [0.25, 0.3) is 0 Å². The molecular weight excluding hydrogens is 248 g/mol. The van der Waals surface area contributed by atoms with Crippen LogP contribution in [0, 0.1) is 0 Å². The average molecular weight is 261 g/mol. The molecule has 18 heavy (non-hydrogen) atoms. The van der Waals surface area contributed by atoms with Crippen LogP contribution >= 0.6 is 11.6 Å². The first-order valence-electron chi connectivity index (χ1n) is 5.72. The van der Waals surface area contributed by atoms with Crippen LogP contribution in [-0.2, 0) is 6.42 Å². The monoisotopic (exact) mass is 260 g/mol. The molecule has 0 bridgehead atoms. The topological polar surface area (TPSA) is 37.3 Å². The van der Waals surface area contributed by atoms with Crippen LogP contribution in [0.4, 0.5) is 0 Å². The molecule has 0 atom stereocenters. The summed E-state index contributed by atoms with van der Waals surface area (Å²) in [6, 6.07) is 14.3. The summed E-state index contributed by atoms with van der Waals surface area (Å²) in [5.74, 6) is -0.131. The van der Waals surface area contributed by atoms with Crippen LogP contribution in [0.2, 0.25) is 5.02 Å². The Labute approximate surface area is 111 Å². The van der Waals surface area contributed by atoms with Crippen LogP contribution in [0.5, 0.6) is 5.75 Å². The maximum atomic E-state index is 11.9. The highest BCUT2D eigenvalue weighted by molar-refractivity contribution is 6.30. The molecule has 0 saturated carbocycles. The highest BCUT2D eigenvalue weighted by Crippen LogP contribution is 2.23. The van der Waals surface area contributed by atoms with Crippen LogP contribution in [0.25, 0.3) is 0 Å². The number of rotatable bonds is 4. The number of phenols is 1. The van der Waals surface area contributed by atoms with Gasteiger partial charge in [-0.2, -0.15) is 0 Å². The second kappa shape index (κ2) is 5.69. The van der Waals surface area contributed by atoms with E-state index < -0.39 is 0 Å². The number of ketones is 1. The fourth-order valence-corrected chi connectivity index (χ4v) is 1.94. The summed E-state index contributed by atoms with van der Waals surface area (Å²) >= 11 is 5.72. The van der Waals surface area contributed by atoms with Crippen LogP contribution in [0.15, 0.2) is 48.5 Å². The molecule has 2 nitrogen and oxygen atoms in total. The third-order valence-corrected chi connectivity index (χ3v) is 2.98. The normalized spacial score (nSPS) is 10.3. The van der Waals surface area contributed by atoms with E-state index in [1.807, 2.05) is 30.3 Å². The lowest BCUT2D eigenvalue weighted by Gasteiger charge is -2.04. The minimum absolute atomic E-state index is 0.0550.